The summed E-state index contributed by atoms with van der Waals surface area (Å²) in [5, 5.41) is 3.11. The van der Waals surface area contributed by atoms with Gasteiger partial charge >= 0.3 is 0 Å². The number of nitrogens with zero attached hydrogens (tertiary/aromatic N) is 1. The van der Waals surface area contributed by atoms with E-state index in [1.54, 1.807) is 16.4 Å². The Bertz CT molecular complexity index is 511. The van der Waals surface area contributed by atoms with E-state index in [1.165, 1.54) is 0 Å². The van der Waals surface area contributed by atoms with E-state index in [0.29, 0.717) is 23.9 Å². The summed E-state index contributed by atoms with van der Waals surface area (Å²) in [6, 6.07) is 7.24. The Labute approximate surface area is 115 Å². The number of nitrogens with one attached hydrogen (secondary N) is 1. The second kappa shape index (κ2) is 6.03. The first-order valence-electron chi connectivity index (χ1n) is 6.81. The van der Waals surface area contributed by atoms with Crippen LogP contribution in [0.3, 0.4) is 0 Å². The Morgan fingerprint density at radius 2 is 2.00 bits per heavy atom. The van der Waals surface area contributed by atoms with E-state index in [4.69, 9.17) is 0 Å². The number of sulfonamides is 1. The summed E-state index contributed by atoms with van der Waals surface area (Å²) in [5.41, 5.74) is 1.16. The average Bonchev–Trinajstić information content (AvgIpc) is 2.89. The van der Waals surface area contributed by atoms with Crippen LogP contribution in [0.15, 0.2) is 29.2 Å². The molecule has 0 bridgehead atoms. The molecule has 1 aliphatic rings. The Morgan fingerprint density at radius 3 is 2.58 bits per heavy atom. The van der Waals surface area contributed by atoms with Gasteiger partial charge in [-0.05, 0) is 50.0 Å². The van der Waals surface area contributed by atoms with Gasteiger partial charge < -0.3 is 5.32 Å². The van der Waals surface area contributed by atoms with Crippen LogP contribution in [-0.2, 0) is 16.4 Å². The monoisotopic (exact) mass is 282 g/mol. The molecule has 1 saturated heterocycles. The van der Waals surface area contributed by atoms with Gasteiger partial charge in [-0.1, -0.05) is 19.1 Å². The van der Waals surface area contributed by atoms with E-state index >= 15 is 0 Å². The molecule has 4 nitrogen and oxygen atoms in total. The lowest BCUT2D eigenvalue weighted by Gasteiger charge is -2.16. The van der Waals surface area contributed by atoms with Crippen LogP contribution < -0.4 is 5.32 Å². The molecule has 5 heteroatoms. The summed E-state index contributed by atoms with van der Waals surface area (Å²) in [7, 11) is -1.41. The normalized spacial score (nSPS) is 20.8. The van der Waals surface area contributed by atoms with Gasteiger partial charge in [0.15, 0.2) is 0 Å². The SMILES string of the molecule is CCc1ccc(S(=O)(=O)N2CC[C@@H](CNC)C2)cc1. The zero-order chi connectivity index (χ0) is 13.9. The first kappa shape index (κ1) is 14.5. The maximum absolute atomic E-state index is 12.5. The van der Waals surface area contributed by atoms with Gasteiger partial charge in [-0.25, -0.2) is 8.42 Å². The summed E-state index contributed by atoms with van der Waals surface area (Å²) >= 11 is 0. The van der Waals surface area contributed by atoms with Gasteiger partial charge in [0.05, 0.1) is 4.90 Å². The van der Waals surface area contributed by atoms with Crippen molar-refractivity contribution in [2.75, 3.05) is 26.7 Å². The second-order valence-electron chi connectivity index (χ2n) is 5.07. The Hall–Kier alpha value is -0.910. The zero-order valence-corrected chi connectivity index (χ0v) is 12.4. The van der Waals surface area contributed by atoms with E-state index < -0.39 is 10.0 Å². The van der Waals surface area contributed by atoms with E-state index in [2.05, 4.69) is 12.2 Å². The van der Waals surface area contributed by atoms with Crippen LogP contribution in [0.2, 0.25) is 0 Å². The molecule has 1 N–H and O–H groups in total. The van der Waals surface area contributed by atoms with Crippen LogP contribution in [-0.4, -0.2) is 39.4 Å². The lowest BCUT2D eigenvalue weighted by molar-refractivity contribution is 0.451. The highest BCUT2D eigenvalue weighted by Gasteiger charge is 2.31. The summed E-state index contributed by atoms with van der Waals surface area (Å²) in [6.45, 7) is 4.19. The predicted molar refractivity (Wildman–Crippen MR) is 76.6 cm³/mol. The van der Waals surface area contributed by atoms with Crippen molar-refractivity contribution in [2.45, 2.75) is 24.7 Å². The third-order valence-electron chi connectivity index (χ3n) is 3.71. The molecule has 0 aliphatic carbocycles. The first-order chi connectivity index (χ1) is 9.07. The molecule has 1 fully saturated rings. The van der Waals surface area contributed by atoms with Crippen molar-refractivity contribution in [3.8, 4) is 0 Å². The second-order valence-corrected chi connectivity index (χ2v) is 7.01. The highest BCUT2D eigenvalue weighted by Crippen LogP contribution is 2.24. The molecule has 0 aromatic heterocycles. The van der Waals surface area contributed by atoms with Crippen molar-refractivity contribution < 1.29 is 8.42 Å². The van der Waals surface area contributed by atoms with Crippen LogP contribution in [0.25, 0.3) is 0 Å². The predicted octanol–water partition coefficient (Wildman–Crippen LogP) is 1.48. The molecule has 1 atom stereocenters. The molecule has 0 spiro atoms. The Morgan fingerprint density at radius 1 is 1.32 bits per heavy atom. The largest absolute Gasteiger partial charge is 0.319 e. The molecule has 0 radical (unpaired) electrons. The average molecular weight is 282 g/mol. The van der Waals surface area contributed by atoms with Gasteiger partial charge in [0.2, 0.25) is 10.0 Å². The molecule has 1 aromatic rings. The highest BCUT2D eigenvalue weighted by molar-refractivity contribution is 7.89. The van der Waals surface area contributed by atoms with Crippen molar-refractivity contribution in [3.63, 3.8) is 0 Å². The molecular weight excluding hydrogens is 260 g/mol. The van der Waals surface area contributed by atoms with Gasteiger partial charge in [0.1, 0.15) is 0 Å². The van der Waals surface area contributed by atoms with Crippen molar-refractivity contribution in [2.24, 2.45) is 5.92 Å². The maximum atomic E-state index is 12.5. The van der Waals surface area contributed by atoms with Gasteiger partial charge in [0, 0.05) is 13.1 Å². The van der Waals surface area contributed by atoms with Crippen LogP contribution in [0.5, 0.6) is 0 Å². The Kier molecular flexibility index (Phi) is 4.60. The molecule has 19 heavy (non-hydrogen) atoms. The lowest BCUT2D eigenvalue weighted by Crippen LogP contribution is -2.30. The van der Waals surface area contributed by atoms with Crippen molar-refractivity contribution >= 4 is 10.0 Å². The molecular formula is C14H22N2O2S. The number of benzene rings is 1. The quantitative estimate of drug-likeness (QED) is 0.890. The van der Waals surface area contributed by atoms with E-state index in [-0.39, 0.29) is 0 Å². The van der Waals surface area contributed by atoms with Crippen molar-refractivity contribution in [3.05, 3.63) is 29.8 Å². The standard InChI is InChI=1S/C14H22N2O2S/c1-3-12-4-6-14(7-5-12)19(17,18)16-9-8-13(11-16)10-15-2/h4-7,13,15H,3,8-11H2,1-2H3/t13-/m0/s1. The molecule has 0 unspecified atom stereocenters. The summed E-state index contributed by atoms with van der Waals surface area (Å²) < 4.78 is 26.6. The smallest absolute Gasteiger partial charge is 0.243 e. The van der Waals surface area contributed by atoms with Gasteiger partial charge in [-0.15, -0.1) is 0 Å². The lowest BCUT2D eigenvalue weighted by atomic mass is 10.1. The van der Waals surface area contributed by atoms with Crippen molar-refractivity contribution in [1.82, 2.24) is 9.62 Å². The summed E-state index contributed by atoms with van der Waals surface area (Å²) in [4.78, 5) is 0.412. The zero-order valence-electron chi connectivity index (χ0n) is 11.6. The van der Waals surface area contributed by atoms with Crippen LogP contribution >= 0.6 is 0 Å². The van der Waals surface area contributed by atoms with E-state index in [9.17, 15) is 8.42 Å². The fourth-order valence-electron chi connectivity index (χ4n) is 2.52. The molecule has 0 amide bonds. The number of rotatable bonds is 5. The van der Waals surface area contributed by atoms with Crippen LogP contribution in [0.4, 0.5) is 0 Å². The minimum Gasteiger partial charge on any atom is -0.319 e. The fourth-order valence-corrected chi connectivity index (χ4v) is 4.05. The summed E-state index contributed by atoms with van der Waals surface area (Å²) in [5.74, 6) is 0.426. The fraction of sp³-hybridized carbons (Fsp3) is 0.571. The third kappa shape index (κ3) is 3.16. The highest BCUT2D eigenvalue weighted by atomic mass is 32.2. The van der Waals surface area contributed by atoms with Crippen LogP contribution in [0, 0.1) is 5.92 Å². The van der Waals surface area contributed by atoms with Crippen LogP contribution in [0.1, 0.15) is 18.9 Å². The topological polar surface area (TPSA) is 49.4 Å². The number of aryl methyl sites for hydroxylation is 1. The first-order valence-corrected chi connectivity index (χ1v) is 8.25. The minimum atomic E-state index is -3.31. The van der Waals surface area contributed by atoms with Gasteiger partial charge in [0.25, 0.3) is 0 Å². The molecule has 1 heterocycles. The van der Waals surface area contributed by atoms with Gasteiger partial charge in [-0.2, -0.15) is 4.31 Å². The molecule has 106 valence electrons. The maximum Gasteiger partial charge on any atom is 0.243 e. The molecule has 2 rings (SSSR count). The number of hydrogen-bond acceptors (Lipinski definition) is 3. The summed E-state index contributed by atoms with van der Waals surface area (Å²) in [6.07, 6.45) is 1.86. The van der Waals surface area contributed by atoms with Crippen molar-refractivity contribution in [1.29, 1.82) is 0 Å². The van der Waals surface area contributed by atoms with E-state index in [1.807, 2.05) is 19.2 Å². The van der Waals surface area contributed by atoms with Gasteiger partial charge in [-0.3, -0.25) is 0 Å². The molecule has 0 saturated carbocycles. The molecule has 1 aromatic carbocycles. The number of hydrogen-bond donors (Lipinski definition) is 1. The Balaban J connectivity index is 2.13. The van der Waals surface area contributed by atoms with E-state index in [0.717, 1.165) is 24.9 Å². The third-order valence-corrected chi connectivity index (χ3v) is 5.59. The minimum absolute atomic E-state index is 0.412. The molecule has 1 aliphatic heterocycles.